The molecule has 4 heteroatoms. The van der Waals surface area contributed by atoms with E-state index < -0.39 is 0 Å². The summed E-state index contributed by atoms with van der Waals surface area (Å²) in [4.78, 5) is 2.21. The SMILES string of the molecule is Cc1nnc(N2CC(C)CC2C)c(C#N)c1C. The largest absolute Gasteiger partial charge is 0.351 e. The van der Waals surface area contributed by atoms with Crippen molar-refractivity contribution in [2.75, 3.05) is 11.4 Å². The fourth-order valence-electron chi connectivity index (χ4n) is 2.53. The molecule has 1 saturated heterocycles. The summed E-state index contributed by atoms with van der Waals surface area (Å²) >= 11 is 0. The number of nitrogens with zero attached hydrogens (tertiary/aromatic N) is 4. The average molecular weight is 230 g/mol. The Balaban J connectivity index is 2.47. The number of rotatable bonds is 1. The maximum absolute atomic E-state index is 9.29. The van der Waals surface area contributed by atoms with Crippen LogP contribution in [0.4, 0.5) is 5.82 Å². The lowest BCUT2D eigenvalue weighted by Gasteiger charge is -2.23. The molecule has 2 rings (SSSR count). The Bertz CT molecular complexity index is 475. The van der Waals surface area contributed by atoms with Crippen LogP contribution in [0, 0.1) is 31.1 Å². The zero-order valence-electron chi connectivity index (χ0n) is 10.9. The van der Waals surface area contributed by atoms with Gasteiger partial charge in [-0.2, -0.15) is 10.4 Å². The van der Waals surface area contributed by atoms with Crippen LogP contribution in [0.3, 0.4) is 0 Å². The van der Waals surface area contributed by atoms with E-state index in [1.807, 2.05) is 13.8 Å². The van der Waals surface area contributed by atoms with Gasteiger partial charge in [0, 0.05) is 12.6 Å². The summed E-state index contributed by atoms with van der Waals surface area (Å²) in [6.45, 7) is 9.21. The van der Waals surface area contributed by atoms with Gasteiger partial charge in [0.1, 0.15) is 11.6 Å². The monoisotopic (exact) mass is 230 g/mol. The molecule has 1 aromatic heterocycles. The van der Waals surface area contributed by atoms with Gasteiger partial charge in [0.2, 0.25) is 0 Å². The highest BCUT2D eigenvalue weighted by atomic mass is 15.3. The number of anilines is 1. The molecule has 0 radical (unpaired) electrons. The average Bonchev–Trinajstić information content (AvgIpc) is 2.61. The quantitative estimate of drug-likeness (QED) is 0.742. The number of hydrogen-bond acceptors (Lipinski definition) is 4. The molecule has 0 spiro atoms. The van der Waals surface area contributed by atoms with Crippen LogP contribution >= 0.6 is 0 Å². The number of aryl methyl sites for hydroxylation is 1. The molecule has 1 aliphatic rings. The van der Waals surface area contributed by atoms with Gasteiger partial charge >= 0.3 is 0 Å². The second kappa shape index (κ2) is 4.33. The van der Waals surface area contributed by atoms with Crippen LogP contribution < -0.4 is 4.90 Å². The van der Waals surface area contributed by atoms with Crippen molar-refractivity contribution in [3.05, 3.63) is 16.8 Å². The molecule has 0 aliphatic carbocycles. The van der Waals surface area contributed by atoms with E-state index >= 15 is 0 Å². The van der Waals surface area contributed by atoms with Crippen LogP contribution in [-0.4, -0.2) is 22.8 Å². The standard InChI is InChI=1S/C13H18N4/c1-8-5-9(2)17(7-8)13-12(6-14)10(3)11(4)15-16-13/h8-9H,5,7H2,1-4H3. The molecule has 90 valence electrons. The maximum atomic E-state index is 9.29. The van der Waals surface area contributed by atoms with Gasteiger partial charge in [0.15, 0.2) is 5.82 Å². The topological polar surface area (TPSA) is 52.8 Å². The normalized spacial score (nSPS) is 23.8. The van der Waals surface area contributed by atoms with Crippen molar-refractivity contribution in [2.24, 2.45) is 5.92 Å². The lowest BCUT2D eigenvalue weighted by molar-refractivity contribution is 0.625. The van der Waals surface area contributed by atoms with E-state index in [0.29, 0.717) is 17.5 Å². The number of hydrogen-bond donors (Lipinski definition) is 0. The van der Waals surface area contributed by atoms with Crippen molar-refractivity contribution in [3.63, 3.8) is 0 Å². The van der Waals surface area contributed by atoms with E-state index in [4.69, 9.17) is 0 Å². The van der Waals surface area contributed by atoms with Gasteiger partial charge in [-0.3, -0.25) is 0 Å². The molecule has 1 aromatic rings. The van der Waals surface area contributed by atoms with Gasteiger partial charge in [-0.05, 0) is 38.7 Å². The van der Waals surface area contributed by atoms with Gasteiger partial charge in [0.25, 0.3) is 0 Å². The van der Waals surface area contributed by atoms with Crippen LogP contribution in [0.2, 0.25) is 0 Å². The molecule has 4 nitrogen and oxygen atoms in total. The predicted molar refractivity (Wildman–Crippen MR) is 66.8 cm³/mol. The summed E-state index contributed by atoms with van der Waals surface area (Å²) in [7, 11) is 0. The molecular weight excluding hydrogens is 212 g/mol. The summed E-state index contributed by atoms with van der Waals surface area (Å²) in [6.07, 6.45) is 1.15. The van der Waals surface area contributed by atoms with Crippen LogP contribution in [0.25, 0.3) is 0 Å². The fraction of sp³-hybridized carbons (Fsp3) is 0.615. The summed E-state index contributed by atoms with van der Waals surface area (Å²) in [5.41, 5.74) is 2.47. The van der Waals surface area contributed by atoms with E-state index in [-0.39, 0.29) is 0 Å². The number of aromatic nitrogens is 2. The molecule has 0 N–H and O–H groups in total. The van der Waals surface area contributed by atoms with E-state index in [1.165, 1.54) is 0 Å². The molecule has 0 aromatic carbocycles. The van der Waals surface area contributed by atoms with Gasteiger partial charge in [-0.15, -0.1) is 5.10 Å². The summed E-state index contributed by atoms with van der Waals surface area (Å²) in [5.74, 6) is 1.41. The minimum atomic E-state index is 0.438. The Hall–Kier alpha value is -1.63. The molecule has 2 heterocycles. The zero-order chi connectivity index (χ0) is 12.6. The molecule has 1 fully saturated rings. The molecule has 2 unspecified atom stereocenters. The van der Waals surface area contributed by atoms with Crippen molar-refractivity contribution < 1.29 is 0 Å². The molecule has 0 amide bonds. The second-order valence-corrected chi connectivity index (χ2v) is 5.06. The van der Waals surface area contributed by atoms with Gasteiger partial charge in [0.05, 0.1) is 5.69 Å². The van der Waals surface area contributed by atoms with E-state index in [1.54, 1.807) is 0 Å². The van der Waals surface area contributed by atoms with E-state index in [9.17, 15) is 5.26 Å². The van der Waals surface area contributed by atoms with Crippen molar-refractivity contribution in [1.29, 1.82) is 5.26 Å². The fourth-order valence-corrected chi connectivity index (χ4v) is 2.53. The minimum Gasteiger partial charge on any atom is -0.351 e. The smallest absolute Gasteiger partial charge is 0.169 e. The third-order valence-electron chi connectivity index (χ3n) is 3.60. The lowest BCUT2D eigenvalue weighted by Crippen LogP contribution is -2.29. The first-order valence-electron chi connectivity index (χ1n) is 6.05. The van der Waals surface area contributed by atoms with Crippen molar-refractivity contribution in [2.45, 2.75) is 40.2 Å². The zero-order valence-corrected chi connectivity index (χ0v) is 10.9. The molecule has 2 atom stereocenters. The highest BCUT2D eigenvalue weighted by molar-refractivity contribution is 5.58. The molecule has 17 heavy (non-hydrogen) atoms. The van der Waals surface area contributed by atoms with Crippen LogP contribution in [0.1, 0.15) is 37.1 Å². The molecular formula is C13H18N4. The summed E-state index contributed by atoms with van der Waals surface area (Å²) < 4.78 is 0. The van der Waals surface area contributed by atoms with Crippen LogP contribution in [0.5, 0.6) is 0 Å². The van der Waals surface area contributed by atoms with Crippen molar-refractivity contribution in [1.82, 2.24) is 10.2 Å². The second-order valence-electron chi connectivity index (χ2n) is 5.06. The van der Waals surface area contributed by atoms with E-state index in [2.05, 4.69) is 35.0 Å². The number of nitriles is 1. The first kappa shape index (κ1) is 11.8. The summed E-state index contributed by atoms with van der Waals surface area (Å²) in [5, 5.41) is 17.7. The Morgan fingerprint density at radius 3 is 2.53 bits per heavy atom. The van der Waals surface area contributed by atoms with Gasteiger partial charge in [-0.25, -0.2) is 0 Å². The maximum Gasteiger partial charge on any atom is 0.169 e. The Morgan fingerprint density at radius 1 is 1.29 bits per heavy atom. The summed E-state index contributed by atoms with van der Waals surface area (Å²) in [6, 6.07) is 2.71. The predicted octanol–water partition coefficient (Wildman–Crippen LogP) is 2.20. The van der Waals surface area contributed by atoms with Crippen LogP contribution in [-0.2, 0) is 0 Å². The van der Waals surface area contributed by atoms with Crippen molar-refractivity contribution in [3.8, 4) is 6.07 Å². The Morgan fingerprint density at radius 2 is 2.00 bits per heavy atom. The van der Waals surface area contributed by atoms with Crippen molar-refractivity contribution >= 4 is 5.82 Å². The van der Waals surface area contributed by atoms with E-state index in [0.717, 1.165) is 30.0 Å². The molecule has 0 bridgehead atoms. The Labute approximate surface area is 102 Å². The minimum absolute atomic E-state index is 0.438. The van der Waals surface area contributed by atoms with Gasteiger partial charge < -0.3 is 4.90 Å². The third-order valence-corrected chi connectivity index (χ3v) is 3.60. The van der Waals surface area contributed by atoms with Gasteiger partial charge in [-0.1, -0.05) is 6.92 Å². The first-order valence-corrected chi connectivity index (χ1v) is 6.05. The first-order chi connectivity index (χ1) is 8.04. The Kier molecular flexibility index (Phi) is 3.01. The van der Waals surface area contributed by atoms with Crippen LogP contribution in [0.15, 0.2) is 0 Å². The highest BCUT2D eigenvalue weighted by Gasteiger charge is 2.29. The lowest BCUT2D eigenvalue weighted by atomic mass is 10.1. The highest BCUT2D eigenvalue weighted by Crippen LogP contribution is 2.30. The molecule has 1 aliphatic heterocycles. The molecule has 0 saturated carbocycles. The third kappa shape index (κ3) is 1.97.